The van der Waals surface area contributed by atoms with E-state index in [0.717, 1.165) is 0 Å². The first kappa shape index (κ1) is 6.99. The largest absolute Gasteiger partial charge is 0.389 e. The lowest BCUT2D eigenvalue weighted by atomic mass is 10.3. The Bertz CT molecular complexity index is 87.1. The SMILES string of the molecule is [CH2]CN1CC(O)C(O)C1. The topological polar surface area (TPSA) is 43.7 Å². The van der Waals surface area contributed by atoms with Crippen LogP contribution in [-0.2, 0) is 0 Å². The number of hydrogen-bond donors (Lipinski definition) is 2. The molecule has 2 unspecified atom stereocenters. The maximum absolute atomic E-state index is 8.98. The zero-order valence-electron chi connectivity index (χ0n) is 5.32. The average Bonchev–Trinajstić information content (AvgIpc) is 2.13. The Morgan fingerprint density at radius 2 is 1.78 bits per heavy atom. The van der Waals surface area contributed by atoms with Crippen LogP contribution in [0, 0.1) is 6.92 Å². The van der Waals surface area contributed by atoms with Gasteiger partial charge in [-0.05, 0) is 13.5 Å². The van der Waals surface area contributed by atoms with Crippen molar-refractivity contribution in [1.82, 2.24) is 4.90 Å². The average molecular weight is 130 g/mol. The van der Waals surface area contributed by atoms with Gasteiger partial charge in [-0.25, -0.2) is 0 Å². The predicted octanol–water partition coefficient (Wildman–Crippen LogP) is -1.14. The van der Waals surface area contributed by atoms with E-state index in [-0.39, 0.29) is 0 Å². The van der Waals surface area contributed by atoms with E-state index in [4.69, 9.17) is 10.2 Å². The van der Waals surface area contributed by atoms with E-state index in [1.54, 1.807) is 0 Å². The van der Waals surface area contributed by atoms with Gasteiger partial charge in [-0.3, -0.25) is 4.90 Å². The molecule has 1 saturated heterocycles. The lowest BCUT2D eigenvalue weighted by Crippen LogP contribution is -2.22. The summed E-state index contributed by atoms with van der Waals surface area (Å²) in [6.45, 7) is 5.42. The third-order valence-corrected chi connectivity index (χ3v) is 1.65. The molecule has 0 aliphatic carbocycles. The highest BCUT2D eigenvalue weighted by Crippen LogP contribution is 2.07. The van der Waals surface area contributed by atoms with Crippen molar-refractivity contribution >= 4 is 0 Å². The molecule has 0 bridgehead atoms. The second-order valence-corrected chi connectivity index (χ2v) is 2.39. The summed E-state index contributed by atoms with van der Waals surface area (Å²) in [6, 6.07) is 0. The fraction of sp³-hybridized carbons (Fsp3) is 0.833. The van der Waals surface area contributed by atoms with Crippen molar-refractivity contribution < 1.29 is 10.2 Å². The number of rotatable bonds is 1. The van der Waals surface area contributed by atoms with Gasteiger partial charge in [0.25, 0.3) is 0 Å². The fourth-order valence-electron chi connectivity index (χ4n) is 1.03. The molecule has 0 saturated carbocycles. The maximum atomic E-state index is 8.98. The Morgan fingerprint density at radius 1 is 1.33 bits per heavy atom. The molecule has 1 aliphatic rings. The van der Waals surface area contributed by atoms with Crippen molar-refractivity contribution in [2.45, 2.75) is 12.2 Å². The van der Waals surface area contributed by atoms with Gasteiger partial charge >= 0.3 is 0 Å². The molecule has 2 atom stereocenters. The van der Waals surface area contributed by atoms with Gasteiger partial charge in [-0.2, -0.15) is 0 Å². The zero-order chi connectivity index (χ0) is 6.85. The van der Waals surface area contributed by atoms with Gasteiger partial charge in [-0.15, -0.1) is 0 Å². The number of nitrogens with zero attached hydrogens (tertiary/aromatic N) is 1. The smallest absolute Gasteiger partial charge is 0.0938 e. The highest BCUT2D eigenvalue weighted by atomic mass is 16.3. The summed E-state index contributed by atoms with van der Waals surface area (Å²) in [5.41, 5.74) is 0. The first-order valence-electron chi connectivity index (χ1n) is 3.11. The molecule has 2 N–H and O–H groups in total. The van der Waals surface area contributed by atoms with E-state index in [9.17, 15) is 0 Å². The second kappa shape index (κ2) is 2.64. The third kappa shape index (κ3) is 1.41. The Kier molecular flexibility index (Phi) is 2.05. The molecular weight excluding hydrogens is 118 g/mol. The summed E-state index contributed by atoms with van der Waals surface area (Å²) >= 11 is 0. The van der Waals surface area contributed by atoms with Gasteiger partial charge in [0.15, 0.2) is 0 Å². The standard InChI is InChI=1S/C6H12NO2/c1-2-7-3-5(8)6(9)4-7/h5-6,8-9H,1-4H2. The normalized spacial score (nSPS) is 37.7. The third-order valence-electron chi connectivity index (χ3n) is 1.65. The first-order chi connectivity index (χ1) is 4.24. The molecule has 1 heterocycles. The molecule has 3 heteroatoms. The molecule has 0 aromatic carbocycles. The molecule has 0 spiro atoms. The van der Waals surface area contributed by atoms with E-state index in [2.05, 4.69) is 6.92 Å². The van der Waals surface area contributed by atoms with E-state index in [1.807, 2.05) is 4.90 Å². The van der Waals surface area contributed by atoms with Crippen LogP contribution in [0.2, 0.25) is 0 Å². The number of aliphatic hydroxyl groups is 2. The van der Waals surface area contributed by atoms with E-state index < -0.39 is 12.2 Å². The molecule has 1 fully saturated rings. The van der Waals surface area contributed by atoms with Gasteiger partial charge in [0.2, 0.25) is 0 Å². The predicted molar refractivity (Wildman–Crippen MR) is 33.8 cm³/mol. The molecule has 1 rings (SSSR count). The van der Waals surface area contributed by atoms with Crippen molar-refractivity contribution in [3.05, 3.63) is 6.92 Å². The minimum atomic E-state index is -0.563. The monoisotopic (exact) mass is 130 g/mol. The Balaban J connectivity index is 2.35. The van der Waals surface area contributed by atoms with Gasteiger partial charge in [0, 0.05) is 13.1 Å². The molecular formula is C6H12NO2. The van der Waals surface area contributed by atoms with Gasteiger partial charge in [-0.1, -0.05) is 0 Å². The Morgan fingerprint density at radius 3 is 2.00 bits per heavy atom. The quantitative estimate of drug-likeness (QED) is 0.471. The van der Waals surface area contributed by atoms with Crippen LogP contribution in [0.15, 0.2) is 0 Å². The van der Waals surface area contributed by atoms with Crippen LogP contribution in [0.1, 0.15) is 0 Å². The lowest BCUT2D eigenvalue weighted by molar-refractivity contribution is 0.0572. The number of likely N-dealkylation sites (tertiary alicyclic amines) is 1. The minimum absolute atomic E-state index is 0.560. The van der Waals surface area contributed by atoms with Gasteiger partial charge in [0.05, 0.1) is 12.2 Å². The van der Waals surface area contributed by atoms with E-state index in [0.29, 0.717) is 19.6 Å². The molecule has 1 aliphatic heterocycles. The summed E-state index contributed by atoms with van der Waals surface area (Å²) in [6.07, 6.45) is -1.13. The summed E-state index contributed by atoms with van der Waals surface area (Å²) < 4.78 is 0. The van der Waals surface area contributed by atoms with Crippen molar-refractivity contribution in [2.75, 3.05) is 19.6 Å². The summed E-state index contributed by atoms with van der Waals surface area (Å²) in [4.78, 5) is 1.91. The minimum Gasteiger partial charge on any atom is -0.389 e. The van der Waals surface area contributed by atoms with Crippen molar-refractivity contribution in [3.63, 3.8) is 0 Å². The Labute approximate surface area is 54.9 Å². The molecule has 1 radical (unpaired) electrons. The van der Waals surface area contributed by atoms with Crippen LogP contribution in [-0.4, -0.2) is 47.0 Å². The molecule has 0 aromatic rings. The molecule has 0 aromatic heterocycles. The molecule has 9 heavy (non-hydrogen) atoms. The molecule has 53 valence electrons. The van der Waals surface area contributed by atoms with Gasteiger partial charge in [0.1, 0.15) is 0 Å². The summed E-state index contributed by atoms with van der Waals surface area (Å²) in [5.74, 6) is 0. The van der Waals surface area contributed by atoms with Crippen LogP contribution in [0.25, 0.3) is 0 Å². The molecule has 0 amide bonds. The van der Waals surface area contributed by atoms with Crippen LogP contribution in [0.4, 0.5) is 0 Å². The van der Waals surface area contributed by atoms with Crippen LogP contribution < -0.4 is 0 Å². The van der Waals surface area contributed by atoms with Crippen molar-refractivity contribution in [3.8, 4) is 0 Å². The van der Waals surface area contributed by atoms with E-state index >= 15 is 0 Å². The van der Waals surface area contributed by atoms with Crippen molar-refractivity contribution in [1.29, 1.82) is 0 Å². The summed E-state index contributed by atoms with van der Waals surface area (Å²) in [7, 11) is 0. The highest BCUT2D eigenvalue weighted by molar-refractivity contribution is 4.82. The molecule has 3 nitrogen and oxygen atoms in total. The second-order valence-electron chi connectivity index (χ2n) is 2.39. The van der Waals surface area contributed by atoms with E-state index in [1.165, 1.54) is 0 Å². The van der Waals surface area contributed by atoms with Crippen LogP contribution in [0.3, 0.4) is 0 Å². The highest BCUT2D eigenvalue weighted by Gasteiger charge is 2.27. The fourth-order valence-corrected chi connectivity index (χ4v) is 1.03. The summed E-state index contributed by atoms with van der Waals surface area (Å²) in [5, 5.41) is 18.0. The van der Waals surface area contributed by atoms with Crippen LogP contribution >= 0.6 is 0 Å². The number of aliphatic hydroxyl groups excluding tert-OH is 2. The zero-order valence-corrected chi connectivity index (χ0v) is 5.32. The van der Waals surface area contributed by atoms with Gasteiger partial charge < -0.3 is 10.2 Å². The first-order valence-corrected chi connectivity index (χ1v) is 3.11. The lowest BCUT2D eigenvalue weighted by Gasteiger charge is -2.08. The number of hydrogen-bond acceptors (Lipinski definition) is 3. The van der Waals surface area contributed by atoms with Crippen LogP contribution in [0.5, 0.6) is 0 Å². The van der Waals surface area contributed by atoms with Crippen molar-refractivity contribution in [2.24, 2.45) is 0 Å². The maximum Gasteiger partial charge on any atom is 0.0938 e. The number of β-amino-alcohol motifs (C(OH)–C–C–N with tert-alkyl or cyclic N) is 2. The Hall–Kier alpha value is -0.120.